The molecule has 0 aliphatic heterocycles. The highest BCUT2D eigenvalue weighted by Crippen LogP contribution is 2.26. The smallest absolute Gasteiger partial charge is 0.223 e. The zero-order valence-corrected chi connectivity index (χ0v) is 10.5. The van der Waals surface area contributed by atoms with Crippen LogP contribution in [0.1, 0.15) is 5.56 Å². The van der Waals surface area contributed by atoms with Gasteiger partial charge in [-0.3, -0.25) is 0 Å². The average Bonchev–Trinajstić information content (AvgIpc) is 2.95. The Morgan fingerprint density at radius 1 is 1.24 bits per heavy atom. The van der Waals surface area contributed by atoms with Gasteiger partial charge in [-0.25, -0.2) is 4.98 Å². The molecule has 86 valence electrons. The fourth-order valence-corrected chi connectivity index (χ4v) is 3.03. The normalized spacial score (nSPS) is 10.8. The summed E-state index contributed by atoms with van der Waals surface area (Å²) in [5.41, 5.74) is 6.93. The maximum Gasteiger partial charge on any atom is 0.223 e. The summed E-state index contributed by atoms with van der Waals surface area (Å²) in [5, 5.41) is 10.5. The Hall–Kier alpha value is -1.66. The van der Waals surface area contributed by atoms with E-state index in [0.717, 1.165) is 22.6 Å². The van der Waals surface area contributed by atoms with Crippen molar-refractivity contribution >= 4 is 44.7 Å². The first kappa shape index (κ1) is 10.5. The molecule has 17 heavy (non-hydrogen) atoms. The van der Waals surface area contributed by atoms with Gasteiger partial charge in [0.1, 0.15) is 10.6 Å². The SMILES string of the molecule is Nc1nc(NCc2ccsc2)c2ccsc2n1. The van der Waals surface area contributed by atoms with Crippen LogP contribution in [0.4, 0.5) is 11.8 Å². The first-order valence-corrected chi connectivity index (χ1v) is 6.91. The highest BCUT2D eigenvalue weighted by atomic mass is 32.1. The van der Waals surface area contributed by atoms with Crippen LogP contribution in [0.15, 0.2) is 28.3 Å². The van der Waals surface area contributed by atoms with Crippen LogP contribution in [0.25, 0.3) is 10.2 Å². The van der Waals surface area contributed by atoms with Crippen molar-refractivity contribution in [2.75, 3.05) is 11.1 Å². The lowest BCUT2D eigenvalue weighted by Gasteiger charge is -2.06. The number of hydrogen-bond donors (Lipinski definition) is 2. The Balaban J connectivity index is 1.91. The molecule has 0 aliphatic carbocycles. The maximum absolute atomic E-state index is 5.68. The Kier molecular flexibility index (Phi) is 2.66. The first-order valence-electron chi connectivity index (χ1n) is 5.08. The molecule has 0 fully saturated rings. The van der Waals surface area contributed by atoms with E-state index in [9.17, 15) is 0 Å². The molecule has 4 nitrogen and oxygen atoms in total. The zero-order valence-electron chi connectivity index (χ0n) is 8.88. The van der Waals surface area contributed by atoms with Gasteiger partial charge in [-0.1, -0.05) is 0 Å². The van der Waals surface area contributed by atoms with Crippen molar-refractivity contribution in [3.63, 3.8) is 0 Å². The number of hydrogen-bond acceptors (Lipinski definition) is 6. The highest BCUT2D eigenvalue weighted by molar-refractivity contribution is 7.16. The van der Waals surface area contributed by atoms with Crippen molar-refractivity contribution < 1.29 is 0 Å². The second-order valence-corrected chi connectivity index (χ2v) is 5.23. The minimum Gasteiger partial charge on any atom is -0.368 e. The van der Waals surface area contributed by atoms with E-state index in [2.05, 4.69) is 32.1 Å². The summed E-state index contributed by atoms with van der Waals surface area (Å²) >= 11 is 3.26. The number of anilines is 2. The van der Waals surface area contributed by atoms with Crippen LogP contribution in [0, 0.1) is 0 Å². The molecule has 3 N–H and O–H groups in total. The molecular weight excluding hydrogens is 252 g/mol. The van der Waals surface area contributed by atoms with Gasteiger partial charge in [-0.2, -0.15) is 16.3 Å². The van der Waals surface area contributed by atoms with Crippen LogP contribution in [0.5, 0.6) is 0 Å². The quantitative estimate of drug-likeness (QED) is 0.761. The lowest BCUT2D eigenvalue weighted by atomic mass is 10.3. The minimum atomic E-state index is 0.313. The van der Waals surface area contributed by atoms with Crippen LogP contribution < -0.4 is 11.1 Å². The van der Waals surface area contributed by atoms with Crippen molar-refractivity contribution in [2.45, 2.75) is 6.54 Å². The van der Waals surface area contributed by atoms with E-state index in [0.29, 0.717) is 5.95 Å². The monoisotopic (exact) mass is 262 g/mol. The van der Waals surface area contributed by atoms with Crippen molar-refractivity contribution in [3.05, 3.63) is 33.8 Å². The second kappa shape index (κ2) is 4.31. The molecule has 0 amide bonds. The number of aromatic nitrogens is 2. The summed E-state index contributed by atoms with van der Waals surface area (Å²) in [6.07, 6.45) is 0. The second-order valence-electron chi connectivity index (χ2n) is 3.55. The summed E-state index contributed by atoms with van der Waals surface area (Å²) < 4.78 is 0. The van der Waals surface area contributed by atoms with Crippen LogP contribution in [0.3, 0.4) is 0 Å². The van der Waals surface area contributed by atoms with Crippen LogP contribution in [-0.2, 0) is 6.54 Å². The Morgan fingerprint density at radius 3 is 3.00 bits per heavy atom. The third-order valence-corrected chi connectivity index (χ3v) is 3.92. The topological polar surface area (TPSA) is 63.8 Å². The third kappa shape index (κ3) is 2.09. The standard InChI is InChI=1S/C11H10N4S2/c12-11-14-9(8-2-4-17-10(8)15-11)13-5-7-1-3-16-6-7/h1-4,6H,5H2,(H3,12,13,14,15). The minimum absolute atomic E-state index is 0.313. The largest absolute Gasteiger partial charge is 0.368 e. The highest BCUT2D eigenvalue weighted by Gasteiger charge is 2.06. The fourth-order valence-electron chi connectivity index (χ4n) is 1.59. The number of nitrogen functional groups attached to an aromatic ring is 1. The van der Waals surface area contributed by atoms with Gasteiger partial charge in [0.15, 0.2) is 0 Å². The third-order valence-electron chi connectivity index (χ3n) is 2.38. The van der Waals surface area contributed by atoms with E-state index in [-0.39, 0.29) is 0 Å². The molecule has 3 aromatic heterocycles. The Morgan fingerprint density at radius 2 is 2.18 bits per heavy atom. The van der Waals surface area contributed by atoms with Crippen molar-refractivity contribution in [2.24, 2.45) is 0 Å². The molecule has 0 spiro atoms. The fraction of sp³-hybridized carbons (Fsp3) is 0.0909. The number of nitrogens with one attached hydrogen (secondary N) is 1. The van der Waals surface area contributed by atoms with E-state index in [1.54, 1.807) is 22.7 Å². The lowest BCUT2D eigenvalue weighted by molar-refractivity contribution is 1.12. The van der Waals surface area contributed by atoms with Gasteiger partial charge in [0, 0.05) is 6.54 Å². The van der Waals surface area contributed by atoms with Crippen molar-refractivity contribution in [1.29, 1.82) is 0 Å². The average molecular weight is 262 g/mol. The van der Waals surface area contributed by atoms with Crippen LogP contribution in [-0.4, -0.2) is 9.97 Å². The number of thiophene rings is 2. The molecule has 3 aromatic rings. The first-order chi connectivity index (χ1) is 8.33. The Bertz CT molecular complexity index is 630. The summed E-state index contributed by atoms with van der Waals surface area (Å²) in [7, 11) is 0. The van der Waals surface area contributed by atoms with Gasteiger partial charge in [0.25, 0.3) is 0 Å². The number of nitrogens with zero attached hydrogens (tertiary/aromatic N) is 2. The van der Waals surface area contributed by atoms with E-state index >= 15 is 0 Å². The zero-order chi connectivity index (χ0) is 11.7. The molecule has 3 heterocycles. The summed E-state index contributed by atoms with van der Waals surface area (Å²) in [6, 6.07) is 4.10. The molecule has 0 atom stereocenters. The van der Waals surface area contributed by atoms with Crippen molar-refractivity contribution in [1.82, 2.24) is 9.97 Å². The van der Waals surface area contributed by atoms with Gasteiger partial charge in [-0.05, 0) is 33.8 Å². The Labute approximate surface area is 106 Å². The maximum atomic E-state index is 5.68. The van der Waals surface area contributed by atoms with Crippen LogP contribution in [0.2, 0.25) is 0 Å². The van der Waals surface area contributed by atoms with E-state index < -0.39 is 0 Å². The summed E-state index contributed by atoms with van der Waals surface area (Å²) in [5.74, 6) is 1.12. The molecule has 0 saturated heterocycles. The number of nitrogens with two attached hydrogens (primary N) is 1. The summed E-state index contributed by atoms with van der Waals surface area (Å²) in [6.45, 7) is 0.755. The molecule has 6 heteroatoms. The number of fused-ring (bicyclic) bond motifs is 1. The molecule has 0 aromatic carbocycles. The molecule has 0 aliphatic rings. The molecule has 3 rings (SSSR count). The lowest BCUT2D eigenvalue weighted by Crippen LogP contribution is -2.03. The molecule has 0 saturated carbocycles. The van der Waals surface area contributed by atoms with Crippen molar-refractivity contribution in [3.8, 4) is 0 Å². The molecular formula is C11H10N4S2. The van der Waals surface area contributed by atoms with Gasteiger partial charge >= 0.3 is 0 Å². The van der Waals surface area contributed by atoms with Gasteiger partial charge in [-0.15, -0.1) is 11.3 Å². The van der Waals surface area contributed by atoms with E-state index in [1.165, 1.54) is 5.56 Å². The van der Waals surface area contributed by atoms with Crippen LogP contribution >= 0.6 is 22.7 Å². The van der Waals surface area contributed by atoms with Gasteiger partial charge in [0.2, 0.25) is 5.95 Å². The van der Waals surface area contributed by atoms with Gasteiger partial charge in [0.05, 0.1) is 5.39 Å². The summed E-state index contributed by atoms with van der Waals surface area (Å²) in [4.78, 5) is 9.35. The predicted molar refractivity (Wildman–Crippen MR) is 73.5 cm³/mol. The molecule has 0 radical (unpaired) electrons. The molecule has 0 unspecified atom stereocenters. The van der Waals surface area contributed by atoms with Gasteiger partial charge < -0.3 is 11.1 Å². The van der Waals surface area contributed by atoms with E-state index in [4.69, 9.17) is 5.73 Å². The molecule has 0 bridgehead atoms. The predicted octanol–water partition coefficient (Wildman–Crippen LogP) is 2.95. The number of rotatable bonds is 3. The van der Waals surface area contributed by atoms with E-state index in [1.807, 2.05) is 11.4 Å².